The zero-order valence-electron chi connectivity index (χ0n) is 31.8. The van der Waals surface area contributed by atoms with Gasteiger partial charge in [0.15, 0.2) is 0 Å². The molecular formula is C41H48F2N6O5. The minimum atomic E-state index is -0.954. The summed E-state index contributed by atoms with van der Waals surface area (Å²) < 4.78 is 46.9. The Kier molecular flexibility index (Phi) is 9.71. The highest BCUT2D eigenvalue weighted by atomic mass is 19.1. The van der Waals surface area contributed by atoms with Gasteiger partial charge in [-0.15, -0.1) is 6.42 Å². The van der Waals surface area contributed by atoms with Gasteiger partial charge < -0.3 is 28.9 Å². The summed E-state index contributed by atoms with van der Waals surface area (Å²) in [6, 6.07) is 6.31. The van der Waals surface area contributed by atoms with Crippen molar-refractivity contribution in [2.24, 2.45) is 5.41 Å². The number of terminal acetylenes is 1. The molecule has 3 saturated heterocycles. The molecule has 2 bridgehead atoms. The molecular weight excluding hydrogens is 694 g/mol. The molecule has 54 heavy (non-hydrogen) atoms. The Morgan fingerprint density at radius 3 is 2.57 bits per heavy atom. The van der Waals surface area contributed by atoms with E-state index in [-0.39, 0.29) is 60.0 Å². The number of likely N-dealkylation sites (N-methyl/N-ethyl adjacent to an activating group) is 1. The Morgan fingerprint density at radius 2 is 1.91 bits per heavy atom. The zero-order chi connectivity index (χ0) is 38.7. The van der Waals surface area contributed by atoms with E-state index in [0.29, 0.717) is 61.2 Å². The van der Waals surface area contributed by atoms with Crippen LogP contribution in [-0.4, -0.2) is 102 Å². The quantitative estimate of drug-likeness (QED) is 0.117. The maximum Gasteiger partial charge on any atom is 0.514 e. The van der Waals surface area contributed by atoms with Gasteiger partial charge in [-0.2, -0.15) is 9.97 Å². The van der Waals surface area contributed by atoms with Crippen molar-refractivity contribution in [2.45, 2.75) is 90.3 Å². The fraction of sp³-hybridized carbons (Fsp3) is 0.512. The molecule has 4 atom stereocenters. The number of carbonyl (C=O) groups is 2. The summed E-state index contributed by atoms with van der Waals surface area (Å²) >= 11 is 0. The van der Waals surface area contributed by atoms with E-state index in [4.69, 9.17) is 30.6 Å². The van der Waals surface area contributed by atoms with E-state index in [1.54, 1.807) is 32.0 Å². The summed E-state index contributed by atoms with van der Waals surface area (Å²) in [5.41, 5.74) is 1.67. The molecule has 5 heterocycles. The van der Waals surface area contributed by atoms with Crippen molar-refractivity contribution in [3.05, 3.63) is 59.6 Å². The number of hydrogen-bond donors (Lipinski definition) is 0. The average molecular weight is 743 g/mol. The minimum Gasteiger partial charge on any atom is -0.461 e. The van der Waals surface area contributed by atoms with Gasteiger partial charge in [-0.25, -0.2) is 13.6 Å². The average Bonchev–Trinajstić information content (AvgIpc) is 3.47. The van der Waals surface area contributed by atoms with E-state index < -0.39 is 23.7 Å². The Bertz CT molecular complexity index is 2050. The van der Waals surface area contributed by atoms with Gasteiger partial charge in [-0.05, 0) is 69.7 Å². The molecule has 4 aliphatic rings. The van der Waals surface area contributed by atoms with Crippen molar-refractivity contribution in [1.29, 1.82) is 0 Å². The molecule has 0 spiro atoms. The fourth-order valence-corrected chi connectivity index (χ4v) is 8.79. The molecule has 286 valence electrons. The van der Waals surface area contributed by atoms with Crippen LogP contribution in [0.4, 0.5) is 25.1 Å². The predicted molar refractivity (Wildman–Crippen MR) is 202 cm³/mol. The highest BCUT2D eigenvalue weighted by Crippen LogP contribution is 2.46. The van der Waals surface area contributed by atoms with Crippen LogP contribution in [0.3, 0.4) is 0 Å². The number of anilines is 2. The second-order valence-electron chi connectivity index (χ2n) is 16.2. The number of fused-ring (bicyclic) bond motifs is 4. The second-order valence-corrected chi connectivity index (χ2v) is 16.2. The number of likely N-dealkylation sites (tertiary alicyclic amines) is 1. The predicted octanol–water partition coefficient (Wildman–Crippen LogP) is 6.05. The molecule has 0 N–H and O–H groups in total. The summed E-state index contributed by atoms with van der Waals surface area (Å²) in [6.45, 7) is 16.0. The summed E-state index contributed by atoms with van der Waals surface area (Å²) in [4.78, 5) is 43.8. The minimum absolute atomic E-state index is 0.0274. The van der Waals surface area contributed by atoms with E-state index in [1.807, 2.05) is 28.7 Å². The number of ether oxygens (including phenoxy) is 3. The maximum atomic E-state index is 15.2. The van der Waals surface area contributed by atoms with Gasteiger partial charge in [0.1, 0.15) is 30.2 Å². The summed E-state index contributed by atoms with van der Waals surface area (Å²) in [5, 5.41) is 1.11. The number of alkyl halides is 1. The van der Waals surface area contributed by atoms with E-state index in [9.17, 15) is 14.0 Å². The highest BCUT2D eigenvalue weighted by molar-refractivity contribution is 6.00. The largest absolute Gasteiger partial charge is 0.514 e. The van der Waals surface area contributed by atoms with Crippen molar-refractivity contribution in [3.63, 3.8) is 0 Å². The lowest BCUT2D eigenvalue weighted by molar-refractivity contribution is -0.130. The van der Waals surface area contributed by atoms with E-state index in [2.05, 4.69) is 31.2 Å². The standard InChI is InChI=1S/C41H48F2N6O5/c1-9-29-31(43)12-11-25-15-28(54-39(51)53-24(3)4)16-33(36(25)29)47-14-13-30-32(21-47)44-38(52-23-41(7)17-26(42)19-46(41)8)45-37(30)48-20-27-18-40(5,6)34(22-48)49(27)35(50)10-2/h1,10-12,15-16,24,26-27,34H,2,13-14,17-23H2,3-8H3/t26-,27-,34-,41+/m1/s1. The number of piperazine rings is 1. The number of hydrogen-bond acceptors (Lipinski definition) is 10. The molecule has 3 fully saturated rings. The van der Waals surface area contributed by atoms with Gasteiger partial charge in [0.05, 0.1) is 47.2 Å². The number of halogens is 2. The lowest BCUT2D eigenvalue weighted by atomic mass is 9.84. The summed E-state index contributed by atoms with van der Waals surface area (Å²) in [6.07, 6.45) is 6.77. The van der Waals surface area contributed by atoms with Crippen molar-refractivity contribution in [2.75, 3.05) is 49.6 Å². The molecule has 0 radical (unpaired) electrons. The molecule has 4 aliphatic heterocycles. The smallest absolute Gasteiger partial charge is 0.461 e. The van der Waals surface area contributed by atoms with Gasteiger partial charge in [-0.3, -0.25) is 9.69 Å². The third-order valence-corrected chi connectivity index (χ3v) is 11.6. The lowest BCUT2D eigenvalue weighted by Crippen LogP contribution is -2.57. The third-order valence-electron chi connectivity index (χ3n) is 11.6. The number of benzene rings is 2. The molecule has 3 aromatic rings. The van der Waals surface area contributed by atoms with Crippen molar-refractivity contribution < 1.29 is 32.6 Å². The summed E-state index contributed by atoms with van der Waals surface area (Å²) in [5.74, 6) is 2.88. The Balaban J connectivity index is 1.29. The number of aromatic nitrogens is 2. The number of rotatable bonds is 8. The molecule has 0 aliphatic carbocycles. The number of carbonyl (C=O) groups excluding carboxylic acids is 2. The van der Waals surface area contributed by atoms with Crippen LogP contribution >= 0.6 is 0 Å². The highest BCUT2D eigenvalue weighted by Gasteiger charge is 2.52. The first-order valence-electron chi connectivity index (χ1n) is 18.5. The van der Waals surface area contributed by atoms with Gasteiger partial charge in [0, 0.05) is 49.6 Å². The SMILES string of the molecule is C#Cc1c(F)ccc2cc(OC(=O)OC(C)C)cc(N3CCc4c(nc(OC[C@]5(C)C[C@@H](F)CN5C)nc4N4C[C@H]5CC(C)(C)[C@@H](C4)N5C(=O)C=C)C3)c12. The molecule has 0 saturated carbocycles. The lowest BCUT2D eigenvalue weighted by Gasteiger charge is -2.44. The molecule has 11 nitrogen and oxygen atoms in total. The summed E-state index contributed by atoms with van der Waals surface area (Å²) in [7, 11) is 1.89. The van der Waals surface area contributed by atoms with Crippen LogP contribution in [0.1, 0.15) is 64.3 Å². The Labute approximate surface area is 315 Å². The fourth-order valence-electron chi connectivity index (χ4n) is 8.79. The van der Waals surface area contributed by atoms with Crippen LogP contribution in [0.5, 0.6) is 11.8 Å². The van der Waals surface area contributed by atoms with Gasteiger partial charge in [0.2, 0.25) is 5.91 Å². The van der Waals surface area contributed by atoms with Gasteiger partial charge in [-0.1, -0.05) is 32.4 Å². The number of amides is 1. The number of nitrogens with zero attached hydrogens (tertiary/aromatic N) is 6. The van der Waals surface area contributed by atoms with Crippen LogP contribution in [0.15, 0.2) is 36.9 Å². The van der Waals surface area contributed by atoms with Gasteiger partial charge >= 0.3 is 12.2 Å². The van der Waals surface area contributed by atoms with Crippen LogP contribution < -0.4 is 19.3 Å². The molecule has 7 rings (SSSR count). The molecule has 2 aromatic carbocycles. The van der Waals surface area contributed by atoms with Crippen LogP contribution in [0.25, 0.3) is 10.8 Å². The molecule has 1 amide bonds. The van der Waals surface area contributed by atoms with E-state index in [1.165, 1.54) is 12.1 Å². The van der Waals surface area contributed by atoms with E-state index in [0.717, 1.165) is 17.8 Å². The molecule has 13 heteroatoms. The van der Waals surface area contributed by atoms with Crippen molar-refractivity contribution in [1.82, 2.24) is 19.8 Å². The zero-order valence-corrected chi connectivity index (χ0v) is 31.8. The second kappa shape index (κ2) is 14.0. The normalized spacial score (nSPS) is 24.7. The topological polar surface area (TPSA) is 101 Å². The molecule has 0 unspecified atom stereocenters. The van der Waals surface area contributed by atoms with Crippen molar-refractivity contribution in [3.8, 4) is 24.1 Å². The first-order chi connectivity index (χ1) is 25.6. The van der Waals surface area contributed by atoms with Crippen LogP contribution in [0, 0.1) is 23.6 Å². The third kappa shape index (κ3) is 6.81. The van der Waals surface area contributed by atoms with Crippen LogP contribution in [-0.2, 0) is 22.5 Å². The maximum absolute atomic E-state index is 15.2. The van der Waals surface area contributed by atoms with Crippen molar-refractivity contribution >= 4 is 34.3 Å². The van der Waals surface area contributed by atoms with E-state index >= 15 is 4.39 Å². The Hall–Kier alpha value is -4.96. The monoisotopic (exact) mass is 742 g/mol. The first-order valence-corrected chi connectivity index (χ1v) is 18.5. The molecule has 1 aromatic heterocycles. The van der Waals surface area contributed by atoms with Gasteiger partial charge in [0.25, 0.3) is 0 Å². The van der Waals surface area contributed by atoms with Crippen LogP contribution in [0.2, 0.25) is 0 Å². The Morgan fingerprint density at radius 1 is 1.13 bits per heavy atom. The first kappa shape index (κ1) is 37.4.